The molecule has 4 heteroatoms. The van der Waals surface area contributed by atoms with Crippen molar-refractivity contribution in [1.82, 2.24) is 0 Å². The van der Waals surface area contributed by atoms with Gasteiger partial charge in [-0.2, -0.15) is 0 Å². The number of hydrogen-bond donors (Lipinski definition) is 2. The van der Waals surface area contributed by atoms with Crippen LogP contribution in [-0.2, 0) is 4.79 Å². The number of nitrogens with one attached hydrogen (secondary N) is 1. The second-order valence-electron chi connectivity index (χ2n) is 3.31. The standard InChI is InChI=1S/C10H10ClNO2/c11-8-3-1-2-6-7(10(13)14)4-5-12-9(6)8/h1-3,7,12H,4-5H2,(H,13,14). The van der Waals surface area contributed by atoms with Crippen LogP contribution in [-0.4, -0.2) is 17.6 Å². The molecule has 74 valence electrons. The van der Waals surface area contributed by atoms with Gasteiger partial charge in [-0.25, -0.2) is 0 Å². The first-order valence-corrected chi connectivity index (χ1v) is 4.83. The number of anilines is 1. The Labute approximate surface area is 86.7 Å². The van der Waals surface area contributed by atoms with Gasteiger partial charge < -0.3 is 10.4 Å². The number of benzene rings is 1. The highest BCUT2D eigenvalue weighted by molar-refractivity contribution is 6.33. The van der Waals surface area contributed by atoms with Gasteiger partial charge in [0.15, 0.2) is 0 Å². The number of para-hydroxylation sites is 1. The average Bonchev–Trinajstić information content (AvgIpc) is 2.17. The van der Waals surface area contributed by atoms with Gasteiger partial charge in [0.1, 0.15) is 0 Å². The van der Waals surface area contributed by atoms with Crippen molar-refractivity contribution >= 4 is 23.3 Å². The van der Waals surface area contributed by atoms with E-state index in [1.165, 1.54) is 0 Å². The summed E-state index contributed by atoms with van der Waals surface area (Å²) >= 11 is 5.96. The molecule has 1 heterocycles. The zero-order valence-electron chi connectivity index (χ0n) is 7.46. The Bertz CT molecular complexity index is 378. The van der Waals surface area contributed by atoms with Crippen LogP contribution >= 0.6 is 11.6 Å². The minimum atomic E-state index is -0.782. The smallest absolute Gasteiger partial charge is 0.311 e. The van der Waals surface area contributed by atoms with Gasteiger partial charge in [0.2, 0.25) is 0 Å². The molecule has 0 aromatic heterocycles. The molecule has 0 saturated carbocycles. The van der Waals surface area contributed by atoms with E-state index in [1.54, 1.807) is 12.1 Å². The Morgan fingerprint density at radius 1 is 1.57 bits per heavy atom. The van der Waals surface area contributed by atoms with Crippen LogP contribution in [0.15, 0.2) is 18.2 Å². The van der Waals surface area contributed by atoms with E-state index in [1.807, 2.05) is 6.07 Å². The summed E-state index contributed by atoms with van der Waals surface area (Å²) < 4.78 is 0. The van der Waals surface area contributed by atoms with Crippen molar-refractivity contribution in [2.45, 2.75) is 12.3 Å². The number of aliphatic carboxylic acids is 1. The Kier molecular flexibility index (Phi) is 2.33. The van der Waals surface area contributed by atoms with E-state index in [9.17, 15) is 4.79 Å². The molecule has 0 radical (unpaired) electrons. The number of fused-ring (bicyclic) bond motifs is 1. The van der Waals surface area contributed by atoms with Crippen molar-refractivity contribution in [2.24, 2.45) is 0 Å². The zero-order valence-corrected chi connectivity index (χ0v) is 8.21. The van der Waals surface area contributed by atoms with Crippen molar-refractivity contribution in [3.8, 4) is 0 Å². The largest absolute Gasteiger partial charge is 0.481 e. The third-order valence-corrected chi connectivity index (χ3v) is 2.77. The van der Waals surface area contributed by atoms with Crippen LogP contribution in [0.2, 0.25) is 5.02 Å². The highest BCUT2D eigenvalue weighted by atomic mass is 35.5. The summed E-state index contributed by atoms with van der Waals surface area (Å²) in [5.74, 6) is -1.21. The lowest BCUT2D eigenvalue weighted by molar-refractivity contribution is -0.138. The van der Waals surface area contributed by atoms with Crippen LogP contribution in [0, 0.1) is 0 Å². The predicted molar refractivity (Wildman–Crippen MR) is 54.9 cm³/mol. The molecule has 1 aliphatic rings. The molecule has 1 unspecified atom stereocenters. The van der Waals surface area contributed by atoms with Crippen LogP contribution in [0.5, 0.6) is 0 Å². The van der Waals surface area contributed by atoms with Crippen LogP contribution in [0.25, 0.3) is 0 Å². The van der Waals surface area contributed by atoms with E-state index < -0.39 is 11.9 Å². The molecule has 1 aromatic carbocycles. The summed E-state index contributed by atoms with van der Waals surface area (Å²) in [6, 6.07) is 5.36. The SMILES string of the molecule is O=C(O)C1CCNc2c(Cl)cccc21. The fraction of sp³-hybridized carbons (Fsp3) is 0.300. The summed E-state index contributed by atoms with van der Waals surface area (Å²) in [6.07, 6.45) is 0.614. The van der Waals surface area contributed by atoms with Crippen LogP contribution in [0.3, 0.4) is 0 Å². The summed E-state index contributed by atoms with van der Waals surface area (Å²) in [7, 11) is 0. The summed E-state index contributed by atoms with van der Waals surface area (Å²) in [4.78, 5) is 11.0. The molecule has 1 atom stereocenters. The van der Waals surface area contributed by atoms with Gasteiger partial charge in [0, 0.05) is 6.54 Å². The third kappa shape index (κ3) is 1.44. The maximum Gasteiger partial charge on any atom is 0.311 e. The van der Waals surface area contributed by atoms with Crippen molar-refractivity contribution in [3.05, 3.63) is 28.8 Å². The topological polar surface area (TPSA) is 49.3 Å². The number of rotatable bonds is 1. The van der Waals surface area contributed by atoms with Gasteiger partial charge >= 0.3 is 5.97 Å². The van der Waals surface area contributed by atoms with Crippen molar-refractivity contribution in [3.63, 3.8) is 0 Å². The number of halogens is 1. The number of hydrogen-bond acceptors (Lipinski definition) is 2. The molecule has 0 amide bonds. The second kappa shape index (κ2) is 3.50. The van der Waals surface area contributed by atoms with E-state index in [4.69, 9.17) is 16.7 Å². The molecule has 0 spiro atoms. The summed E-state index contributed by atoms with van der Waals surface area (Å²) in [5, 5.41) is 12.7. The maximum atomic E-state index is 11.0. The number of carboxylic acid groups (broad SMARTS) is 1. The van der Waals surface area contributed by atoms with E-state index in [-0.39, 0.29) is 0 Å². The Morgan fingerprint density at radius 2 is 2.36 bits per heavy atom. The van der Waals surface area contributed by atoms with E-state index >= 15 is 0 Å². The van der Waals surface area contributed by atoms with E-state index in [2.05, 4.69) is 5.32 Å². The lowest BCUT2D eigenvalue weighted by Gasteiger charge is -2.24. The van der Waals surface area contributed by atoms with Crippen LogP contribution in [0.1, 0.15) is 17.9 Å². The predicted octanol–water partition coefficient (Wildman–Crippen LogP) is 2.32. The minimum Gasteiger partial charge on any atom is -0.481 e. The Morgan fingerprint density at radius 3 is 3.07 bits per heavy atom. The highest BCUT2D eigenvalue weighted by Crippen LogP contribution is 2.36. The van der Waals surface area contributed by atoms with Gasteiger partial charge in [0.25, 0.3) is 0 Å². The first kappa shape index (κ1) is 9.34. The molecule has 2 rings (SSSR count). The molecular weight excluding hydrogens is 202 g/mol. The van der Waals surface area contributed by atoms with Gasteiger partial charge in [0.05, 0.1) is 16.6 Å². The molecule has 0 bridgehead atoms. The lowest BCUT2D eigenvalue weighted by Crippen LogP contribution is -2.22. The highest BCUT2D eigenvalue weighted by Gasteiger charge is 2.26. The molecule has 14 heavy (non-hydrogen) atoms. The van der Waals surface area contributed by atoms with Gasteiger partial charge in [-0.3, -0.25) is 4.79 Å². The normalized spacial score (nSPS) is 19.6. The second-order valence-corrected chi connectivity index (χ2v) is 3.72. The molecule has 0 saturated heterocycles. The van der Waals surface area contributed by atoms with Crippen molar-refractivity contribution < 1.29 is 9.90 Å². The molecule has 0 aliphatic carbocycles. The number of carbonyl (C=O) groups is 1. The van der Waals surface area contributed by atoms with Gasteiger partial charge in [-0.1, -0.05) is 23.7 Å². The van der Waals surface area contributed by atoms with Crippen molar-refractivity contribution in [2.75, 3.05) is 11.9 Å². The summed E-state index contributed by atoms with van der Waals surface area (Å²) in [6.45, 7) is 0.660. The quantitative estimate of drug-likeness (QED) is 0.750. The van der Waals surface area contributed by atoms with Crippen LogP contribution < -0.4 is 5.32 Å². The van der Waals surface area contributed by atoms with Crippen molar-refractivity contribution in [1.29, 1.82) is 0 Å². The molecule has 1 aromatic rings. The molecular formula is C10H10ClNO2. The Hall–Kier alpha value is -1.22. The molecule has 3 nitrogen and oxygen atoms in total. The van der Waals surface area contributed by atoms with Gasteiger partial charge in [-0.05, 0) is 18.1 Å². The fourth-order valence-corrected chi connectivity index (χ4v) is 2.02. The third-order valence-electron chi connectivity index (χ3n) is 2.45. The van der Waals surface area contributed by atoms with E-state index in [0.29, 0.717) is 18.0 Å². The summed E-state index contributed by atoms with van der Waals surface area (Å²) in [5.41, 5.74) is 1.56. The molecule has 2 N–H and O–H groups in total. The minimum absolute atomic E-state index is 0.426. The van der Waals surface area contributed by atoms with Gasteiger partial charge in [-0.15, -0.1) is 0 Å². The first-order valence-electron chi connectivity index (χ1n) is 4.45. The lowest BCUT2D eigenvalue weighted by atomic mass is 9.91. The zero-order chi connectivity index (χ0) is 10.1. The Balaban J connectivity index is 2.49. The van der Waals surface area contributed by atoms with Crippen LogP contribution in [0.4, 0.5) is 5.69 Å². The first-order chi connectivity index (χ1) is 6.70. The fourth-order valence-electron chi connectivity index (χ4n) is 1.77. The average molecular weight is 212 g/mol. The maximum absolute atomic E-state index is 11.0. The monoisotopic (exact) mass is 211 g/mol. The molecule has 1 aliphatic heterocycles. The van der Waals surface area contributed by atoms with E-state index in [0.717, 1.165) is 11.3 Å². The number of carboxylic acids is 1. The molecule has 0 fully saturated rings.